The van der Waals surface area contributed by atoms with E-state index in [9.17, 15) is 14.4 Å². The molecule has 0 saturated heterocycles. The summed E-state index contributed by atoms with van der Waals surface area (Å²) >= 11 is 3.86. The van der Waals surface area contributed by atoms with Crippen molar-refractivity contribution in [3.8, 4) is 22.3 Å². The number of amides is 1. The minimum Gasteiger partial charge on any atom is -0.462 e. The molecule has 0 aliphatic carbocycles. The number of nitrogens with one attached hydrogen (secondary N) is 1. The number of hydrogen-bond donors (Lipinski definition) is 1. The third-order valence-electron chi connectivity index (χ3n) is 7.01. The van der Waals surface area contributed by atoms with E-state index in [-0.39, 0.29) is 18.1 Å². The van der Waals surface area contributed by atoms with Gasteiger partial charge >= 0.3 is 5.97 Å². The van der Waals surface area contributed by atoms with Crippen molar-refractivity contribution >= 4 is 61.5 Å². The van der Waals surface area contributed by atoms with Gasteiger partial charge < -0.3 is 10.1 Å². The fourth-order valence-electron chi connectivity index (χ4n) is 4.86. The van der Waals surface area contributed by atoms with Gasteiger partial charge in [0, 0.05) is 28.9 Å². The van der Waals surface area contributed by atoms with E-state index in [1.54, 1.807) is 14.0 Å². The van der Waals surface area contributed by atoms with Crippen LogP contribution in [0.15, 0.2) is 112 Å². The van der Waals surface area contributed by atoms with Crippen molar-refractivity contribution in [3.05, 3.63) is 123 Å². The first kappa shape index (κ1) is 29.6. The Morgan fingerprint density at radius 3 is 2.11 bits per heavy atom. The Morgan fingerprint density at radius 2 is 1.48 bits per heavy atom. The fourth-order valence-corrected chi connectivity index (χ4v) is 7.87. The number of carbonyl (C=O) groups is 2. The van der Waals surface area contributed by atoms with Crippen LogP contribution in [0.25, 0.3) is 32.5 Å². The number of ether oxygens (including phenoxy) is 1. The standard InChI is InChI=1S/C34H27N3O4S3/c1-3-41-33(40)27-25(22-15-9-5-10-16-22)20-43-31(27)35-29(38)28(23-17-11-6-12-18-23)44-34-36-30-26(32(39)37(34)2)24(19-42-30)21-13-7-4-8-14-21/h4-20,28H,3H2,1-2H3,(H,35,38)/t28-/m1/s1. The first-order chi connectivity index (χ1) is 21.5. The van der Waals surface area contributed by atoms with E-state index < -0.39 is 11.2 Å². The van der Waals surface area contributed by atoms with E-state index in [0.717, 1.165) is 22.3 Å². The van der Waals surface area contributed by atoms with Crippen molar-refractivity contribution in [2.75, 3.05) is 11.9 Å². The highest BCUT2D eigenvalue weighted by Gasteiger charge is 2.29. The number of fused-ring (bicyclic) bond motifs is 1. The molecule has 220 valence electrons. The number of carbonyl (C=O) groups excluding carboxylic acids is 2. The molecule has 0 aliphatic heterocycles. The Kier molecular flexibility index (Phi) is 8.74. The molecule has 1 atom stereocenters. The second-order valence-electron chi connectivity index (χ2n) is 9.79. The molecule has 3 aromatic carbocycles. The van der Waals surface area contributed by atoms with Crippen molar-refractivity contribution in [2.45, 2.75) is 17.3 Å². The molecule has 6 rings (SSSR count). The zero-order valence-electron chi connectivity index (χ0n) is 23.9. The van der Waals surface area contributed by atoms with Gasteiger partial charge in [-0.05, 0) is 23.6 Å². The molecule has 1 N–H and O–H groups in total. The van der Waals surface area contributed by atoms with Crippen LogP contribution in [-0.4, -0.2) is 28.0 Å². The molecule has 0 radical (unpaired) electrons. The van der Waals surface area contributed by atoms with Crippen LogP contribution in [0, 0.1) is 0 Å². The number of thiophene rings is 2. The van der Waals surface area contributed by atoms with E-state index in [4.69, 9.17) is 9.72 Å². The first-order valence-corrected chi connectivity index (χ1v) is 16.5. The molecule has 44 heavy (non-hydrogen) atoms. The van der Waals surface area contributed by atoms with Gasteiger partial charge in [0.2, 0.25) is 5.91 Å². The number of thioether (sulfide) groups is 1. The molecule has 3 heterocycles. The van der Waals surface area contributed by atoms with Gasteiger partial charge in [-0.25, -0.2) is 9.78 Å². The molecule has 7 nitrogen and oxygen atoms in total. The number of nitrogens with zero attached hydrogens (tertiary/aromatic N) is 2. The highest BCUT2D eigenvalue weighted by molar-refractivity contribution is 8.00. The van der Waals surface area contributed by atoms with E-state index in [2.05, 4.69) is 5.32 Å². The summed E-state index contributed by atoms with van der Waals surface area (Å²) in [4.78, 5) is 46.3. The third-order valence-corrected chi connectivity index (χ3v) is 10.1. The lowest BCUT2D eigenvalue weighted by atomic mass is 10.0. The summed E-state index contributed by atoms with van der Waals surface area (Å²) < 4.78 is 6.88. The van der Waals surface area contributed by atoms with Gasteiger partial charge in [0.15, 0.2) is 5.16 Å². The highest BCUT2D eigenvalue weighted by Crippen LogP contribution is 2.40. The van der Waals surface area contributed by atoms with Crippen molar-refractivity contribution in [2.24, 2.45) is 7.05 Å². The van der Waals surface area contributed by atoms with Crippen LogP contribution >= 0.6 is 34.4 Å². The maximum Gasteiger partial charge on any atom is 0.341 e. The Hall–Kier alpha value is -4.51. The predicted octanol–water partition coefficient (Wildman–Crippen LogP) is 8.04. The molecule has 0 aliphatic rings. The highest BCUT2D eigenvalue weighted by atomic mass is 32.2. The first-order valence-electron chi connectivity index (χ1n) is 13.9. The van der Waals surface area contributed by atoms with Crippen LogP contribution in [0.3, 0.4) is 0 Å². The van der Waals surface area contributed by atoms with E-state index in [0.29, 0.717) is 31.5 Å². The number of hydrogen-bond acceptors (Lipinski definition) is 8. The topological polar surface area (TPSA) is 90.3 Å². The third kappa shape index (κ3) is 5.84. The summed E-state index contributed by atoms with van der Waals surface area (Å²) in [7, 11) is 1.67. The lowest BCUT2D eigenvalue weighted by Crippen LogP contribution is -2.23. The average molecular weight is 638 g/mol. The van der Waals surface area contributed by atoms with Gasteiger partial charge in [-0.3, -0.25) is 14.2 Å². The molecule has 6 aromatic rings. The molecule has 0 saturated carbocycles. The summed E-state index contributed by atoms with van der Waals surface area (Å²) in [5.74, 6) is -0.855. The van der Waals surface area contributed by atoms with Crippen molar-refractivity contribution in [1.29, 1.82) is 0 Å². The van der Waals surface area contributed by atoms with Gasteiger partial charge in [-0.1, -0.05) is 103 Å². The predicted molar refractivity (Wildman–Crippen MR) is 180 cm³/mol. The number of rotatable bonds is 9. The van der Waals surface area contributed by atoms with Gasteiger partial charge in [0.25, 0.3) is 5.56 Å². The summed E-state index contributed by atoms with van der Waals surface area (Å²) in [5, 5.41) is 7.40. The Balaban J connectivity index is 1.37. The monoisotopic (exact) mass is 637 g/mol. The summed E-state index contributed by atoms with van der Waals surface area (Å²) in [5.41, 5.74) is 4.19. The molecule has 0 bridgehead atoms. The van der Waals surface area contributed by atoms with E-state index in [1.807, 2.05) is 102 Å². The summed E-state index contributed by atoms with van der Waals surface area (Å²) in [6, 6.07) is 28.6. The van der Waals surface area contributed by atoms with Crippen LogP contribution in [0.2, 0.25) is 0 Å². The maximum absolute atomic E-state index is 14.1. The largest absolute Gasteiger partial charge is 0.462 e. The quantitative estimate of drug-likeness (QED) is 0.0981. The second-order valence-corrected chi connectivity index (χ2v) is 12.6. The minimum absolute atomic E-state index is 0.180. The summed E-state index contributed by atoms with van der Waals surface area (Å²) in [6.07, 6.45) is 0. The van der Waals surface area contributed by atoms with Crippen LogP contribution in [0.5, 0.6) is 0 Å². The number of aromatic nitrogens is 2. The summed E-state index contributed by atoms with van der Waals surface area (Å²) in [6.45, 7) is 1.95. The lowest BCUT2D eigenvalue weighted by molar-refractivity contribution is -0.115. The number of esters is 1. The number of anilines is 1. The van der Waals surface area contributed by atoms with Gasteiger partial charge in [-0.15, -0.1) is 22.7 Å². The lowest BCUT2D eigenvalue weighted by Gasteiger charge is -2.18. The van der Waals surface area contributed by atoms with Gasteiger partial charge in [0.1, 0.15) is 20.6 Å². The van der Waals surface area contributed by atoms with Crippen molar-refractivity contribution in [1.82, 2.24) is 9.55 Å². The van der Waals surface area contributed by atoms with Crippen LogP contribution in [-0.2, 0) is 16.6 Å². The molecule has 0 fully saturated rings. The van der Waals surface area contributed by atoms with Gasteiger partial charge in [-0.2, -0.15) is 0 Å². The maximum atomic E-state index is 14.1. The van der Waals surface area contributed by atoms with Crippen molar-refractivity contribution < 1.29 is 14.3 Å². The molecule has 0 unspecified atom stereocenters. The smallest absolute Gasteiger partial charge is 0.341 e. The second kappa shape index (κ2) is 13.0. The molecule has 0 spiro atoms. The zero-order chi connectivity index (χ0) is 30.6. The Morgan fingerprint density at radius 1 is 0.886 bits per heavy atom. The van der Waals surface area contributed by atoms with E-state index in [1.165, 1.54) is 39.0 Å². The van der Waals surface area contributed by atoms with Gasteiger partial charge in [0.05, 0.1) is 12.0 Å². The van der Waals surface area contributed by atoms with E-state index >= 15 is 0 Å². The van der Waals surface area contributed by atoms with Crippen molar-refractivity contribution in [3.63, 3.8) is 0 Å². The average Bonchev–Trinajstić information content (AvgIpc) is 3.68. The fraction of sp³-hybridized carbons (Fsp3) is 0.118. The Labute approximate surface area is 266 Å². The zero-order valence-corrected chi connectivity index (χ0v) is 26.3. The Bertz CT molecular complexity index is 2000. The minimum atomic E-state index is -0.766. The molecular weight excluding hydrogens is 611 g/mol. The van der Waals surface area contributed by atoms with Crippen LogP contribution in [0.1, 0.15) is 28.1 Å². The normalized spacial score (nSPS) is 11.8. The molecule has 1 amide bonds. The molecular formula is C34H27N3O4S3. The SMILES string of the molecule is CCOC(=O)c1c(-c2ccccc2)csc1NC(=O)[C@H](Sc1nc2scc(-c3ccccc3)c2c(=O)n1C)c1ccccc1. The molecule has 3 aromatic heterocycles. The number of benzene rings is 3. The molecule has 10 heteroatoms. The van der Waals surface area contributed by atoms with Crippen LogP contribution in [0.4, 0.5) is 5.00 Å². The van der Waals surface area contributed by atoms with Crippen LogP contribution < -0.4 is 10.9 Å².